The molecule has 0 aromatic heterocycles. The molecule has 0 heterocycles. The number of rotatable bonds is 8. The van der Waals surface area contributed by atoms with Gasteiger partial charge in [0.15, 0.2) is 0 Å². The Bertz CT molecular complexity index is 343. The second kappa shape index (κ2) is 8.02. The molecule has 0 aliphatic heterocycles. The van der Waals surface area contributed by atoms with Gasteiger partial charge in [0.25, 0.3) is 0 Å². The predicted molar refractivity (Wildman–Crippen MR) is 75.9 cm³/mol. The van der Waals surface area contributed by atoms with E-state index >= 15 is 0 Å². The van der Waals surface area contributed by atoms with Gasteiger partial charge in [-0.1, -0.05) is 0 Å². The highest BCUT2D eigenvalue weighted by Crippen LogP contribution is 2.16. The molecule has 0 fully saturated rings. The molecule has 0 bridgehead atoms. The summed E-state index contributed by atoms with van der Waals surface area (Å²) in [5.41, 5.74) is 0.267. The van der Waals surface area contributed by atoms with Gasteiger partial charge in [0.2, 0.25) is 0 Å². The lowest BCUT2D eigenvalue weighted by Crippen LogP contribution is -2.95. The summed E-state index contributed by atoms with van der Waals surface area (Å²) in [6.07, 6.45) is 0. The summed E-state index contributed by atoms with van der Waals surface area (Å²) in [6, 6.07) is 7.56. The predicted octanol–water partition coefficient (Wildman–Crippen LogP) is 1.45. The number of hydrogen-bond donors (Lipinski definition) is 1. The zero-order valence-corrected chi connectivity index (χ0v) is 12.4. The highest BCUT2D eigenvalue weighted by Gasteiger charge is 2.11. The van der Waals surface area contributed by atoms with Gasteiger partial charge in [-0.3, -0.25) is 0 Å². The van der Waals surface area contributed by atoms with Crippen molar-refractivity contribution in [3.05, 3.63) is 24.3 Å². The van der Waals surface area contributed by atoms with Crippen molar-refractivity contribution in [2.24, 2.45) is 0 Å². The molecule has 0 radical (unpaired) electrons. The minimum Gasteiger partial charge on any atom is -0.497 e. The van der Waals surface area contributed by atoms with Crippen molar-refractivity contribution in [3.63, 3.8) is 0 Å². The van der Waals surface area contributed by atoms with Gasteiger partial charge in [-0.05, 0) is 45.0 Å². The highest BCUT2D eigenvalue weighted by molar-refractivity contribution is 5.31. The summed E-state index contributed by atoms with van der Waals surface area (Å²) in [5.74, 6) is 1.67. The van der Waals surface area contributed by atoms with Crippen LogP contribution in [0.1, 0.15) is 20.8 Å². The molecule has 1 aromatic rings. The molecular weight excluding hydrogens is 242 g/mol. The Labute approximate surface area is 116 Å². The quantitative estimate of drug-likeness (QED) is 0.726. The van der Waals surface area contributed by atoms with Crippen LogP contribution < -0.4 is 14.8 Å². The molecular formula is C15H26NO3+. The second-order valence-corrected chi connectivity index (χ2v) is 5.50. The van der Waals surface area contributed by atoms with E-state index in [1.54, 1.807) is 7.11 Å². The van der Waals surface area contributed by atoms with Gasteiger partial charge in [0, 0.05) is 0 Å². The first-order valence-corrected chi connectivity index (χ1v) is 6.70. The summed E-state index contributed by atoms with van der Waals surface area (Å²) in [6.45, 7) is 9.50. The maximum atomic E-state index is 5.56. The van der Waals surface area contributed by atoms with Gasteiger partial charge in [-0.25, -0.2) is 0 Å². The van der Waals surface area contributed by atoms with Crippen LogP contribution in [-0.2, 0) is 4.74 Å². The van der Waals surface area contributed by atoms with Crippen LogP contribution in [0.3, 0.4) is 0 Å². The van der Waals surface area contributed by atoms with Gasteiger partial charge >= 0.3 is 0 Å². The first-order chi connectivity index (χ1) is 9.01. The summed E-state index contributed by atoms with van der Waals surface area (Å²) in [7, 11) is 1.65. The molecule has 1 rings (SSSR count). The van der Waals surface area contributed by atoms with Crippen molar-refractivity contribution >= 4 is 0 Å². The Kier molecular flexibility index (Phi) is 6.67. The average molecular weight is 268 g/mol. The molecule has 2 N–H and O–H groups in total. The van der Waals surface area contributed by atoms with E-state index in [1.807, 2.05) is 24.3 Å². The standard InChI is InChI=1S/C15H25NO3/c1-15(2,3)16-9-10-18-11-12-19-14-7-5-13(17-4)6-8-14/h5-8,16H,9-12H2,1-4H3/p+1. The normalized spacial score (nSPS) is 11.4. The molecule has 0 aliphatic carbocycles. The molecule has 0 spiro atoms. The minimum atomic E-state index is 0.267. The van der Waals surface area contributed by atoms with E-state index in [0.717, 1.165) is 24.7 Å². The Morgan fingerprint density at radius 1 is 0.947 bits per heavy atom. The maximum Gasteiger partial charge on any atom is 0.119 e. The van der Waals surface area contributed by atoms with Crippen LogP contribution in [0.15, 0.2) is 24.3 Å². The topological polar surface area (TPSA) is 44.3 Å². The SMILES string of the molecule is COc1ccc(OCCOCC[NH2+]C(C)(C)C)cc1. The number of ether oxygens (including phenoxy) is 3. The Morgan fingerprint density at radius 3 is 2.16 bits per heavy atom. The smallest absolute Gasteiger partial charge is 0.119 e. The van der Waals surface area contributed by atoms with Gasteiger partial charge in [-0.15, -0.1) is 0 Å². The van der Waals surface area contributed by atoms with Gasteiger partial charge in [0.05, 0.1) is 32.4 Å². The fourth-order valence-electron chi connectivity index (χ4n) is 1.57. The van der Waals surface area contributed by atoms with E-state index in [-0.39, 0.29) is 5.54 Å². The lowest BCUT2D eigenvalue weighted by molar-refractivity contribution is -0.718. The molecule has 0 unspecified atom stereocenters. The molecule has 4 heteroatoms. The van der Waals surface area contributed by atoms with E-state index in [4.69, 9.17) is 14.2 Å². The fraction of sp³-hybridized carbons (Fsp3) is 0.600. The summed E-state index contributed by atoms with van der Waals surface area (Å²) >= 11 is 0. The van der Waals surface area contributed by atoms with E-state index in [9.17, 15) is 0 Å². The van der Waals surface area contributed by atoms with Crippen LogP contribution in [0.25, 0.3) is 0 Å². The third-order valence-corrected chi connectivity index (χ3v) is 2.57. The molecule has 4 nitrogen and oxygen atoms in total. The largest absolute Gasteiger partial charge is 0.497 e. The Morgan fingerprint density at radius 2 is 1.58 bits per heavy atom. The van der Waals surface area contributed by atoms with Crippen LogP contribution in [0, 0.1) is 0 Å². The molecule has 0 atom stereocenters. The Balaban J connectivity index is 2.04. The van der Waals surface area contributed by atoms with Gasteiger partial charge in [0.1, 0.15) is 18.1 Å². The zero-order chi connectivity index (χ0) is 14.1. The number of benzene rings is 1. The maximum absolute atomic E-state index is 5.56. The van der Waals surface area contributed by atoms with E-state index in [1.165, 1.54) is 0 Å². The molecule has 1 aromatic carbocycles. The zero-order valence-electron chi connectivity index (χ0n) is 12.4. The minimum absolute atomic E-state index is 0.267. The van der Waals surface area contributed by atoms with Gasteiger partial charge in [-0.2, -0.15) is 0 Å². The lowest BCUT2D eigenvalue weighted by Gasteiger charge is -2.16. The van der Waals surface area contributed by atoms with E-state index < -0.39 is 0 Å². The summed E-state index contributed by atoms with van der Waals surface area (Å²) in [5, 5.41) is 2.28. The molecule has 0 aliphatic rings. The average Bonchev–Trinajstić information content (AvgIpc) is 2.37. The number of quaternary nitrogens is 1. The van der Waals surface area contributed by atoms with Crippen molar-refractivity contribution in [2.45, 2.75) is 26.3 Å². The summed E-state index contributed by atoms with van der Waals surface area (Å²) in [4.78, 5) is 0. The van der Waals surface area contributed by atoms with Crippen molar-refractivity contribution in [1.82, 2.24) is 0 Å². The number of hydrogen-bond acceptors (Lipinski definition) is 3. The lowest BCUT2D eigenvalue weighted by atomic mass is 10.1. The van der Waals surface area contributed by atoms with Crippen LogP contribution in [0.4, 0.5) is 0 Å². The van der Waals surface area contributed by atoms with E-state index in [2.05, 4.69) is 26.1 Å². The first-order valence-electron chi connectivity index (χ1n) is 6.70. The monoisotopic (exact) mass is 268 g/mol. The third-order valence-electron chi connectivity index (χ3n) is 2.57. The van der Waals surface area contributed by atoms with Crippen molar-refractivity contribution < 1.29 is 19.5 Å². The Hall–Kier alpha value is -1.26. The van der Waals surface area contributed by atoms with Crippen LogP contribution in [-0.4, -0.2) is 39.0 Å². The number of methoxy groups -OCH3 is 1. The third kappa shape index (κ3) is 7.70. The van der Waals surface area contributed by atoms with Crippen LogP contribution in [0.2, 0.25) is 0 Å². The number of nitrogens with two attached hydrogens (primary N) is 1. The van der Waals surface area contributed by atoms with Crippen LogP contribution >= 0.6 is 0 Å². The molecule has 19 heavy (non-hydrogen) atoms. The molecule has 108 valence electrons. The second-order valence-electron chi connectivity index (χ2n) is 5.50. The molecule has 0 amide bonds. The summed E-state index contributed by atoms with van der Waals surface area (Å²) < 4.78 is 16.2. The van der Waals surface area contributed by atoms with Crippen molar-refractivity contribution in [3.8, 4) is 11.5 Å². The molecule has 0 saturated carbocycles. The highest BCUT2D eigenvalue weighted by atomic mass is 16.5. The van der Waals surface area contributed by atoms with Crippen molar-refractivity contribution in [1.29, 1.82) is 0 Å². The first kappa shape index (κ1) is 15.8. The van der Waals surface area contributed by atoms with Crippen LogP contribution in [0.5, 0.6) is 11.5 Å². The van der Waals surface area contributed by atoms with E-state index in [0.29, 0.717) is 13.2 Å². The van der Waals surface area contributed by atoms with Crippen molar-refractivity contribution in [2.75, 3.05) is 33.5 Å². The molecule has 0 saturated heterocycles. The fourth-order valence-corrected chi connectivity index (χ4v) is 1.57. The van der Waals surface area contributed by atoms with Gasteiger partial charge < -0.3 is 19.5 Å².